The lowest BCUT2D eigenvalue weighted by atomic mass is 10.3. The number of para-hydroxylation sites is 1. The molecular formula is C11H15N3. The van der Waals surface area contributed by atoms with E-state index in [1.165, 1.54) is 5.69 Å². The molecule has 2 rings (SSSR count). The van der Waals surface area contributed by atoms with Gasteiger partial charge in [0, 0.05) is 19.5 Å². The van der Waals surface area contributed by atoms with Crippen LogP contribution >= 0.6 is 0 Å². The van der Waals surface area contributed by atoms with Crippen LogP contribution in [0.3, 0.4) is 0 Å². The van der Waals surface area contributed by atoms with Crippen LogP contribution in [0.5, 0.6) is 0 Å². The third-order valence-corrected chi connectivity index (χ3v) is 2.24. The van der Waals surface area contributed by atoms with Gasteiger partial charge in [-0.05, 0) is 19.1 Å². The molecule has 74 valence electrons. The quantitative estimate of drug-likeness (QED) is 0.768. The molecule has 14 heavy (non-hydrogen) atoms. The van der Waals surface area contributed by atoms with Gasteiger partial charge in [-0.25, -0.2) is 0 Å². The molecule has 3 heteroatoms. The largest absolute Gasteiger partial charge is 0.372 e. The lowest BCUT2D eigenvalue weighted by Crippen LogP contribution is -2.20. The van der Waals surface area contributed by atoms with Gasteiger partial charge in [0.2, 0.25) is 0 Å². The zero-order valence-electron chi connectivity index (χ0n) is 8.40. The van der Waals surface area contributed by atoms with Crippen molar-refractivity contribution in [3.8, 4) is 0 Å². The highest BCUT2D eigenvalue weighted by molar-refractivity contribution is 5.85. The number of hydrazone groups is 1. The van der Waals surface area contributed by atoms with Crippen LogP contribution in [0, 0.1) is 0 Å². The number of hydrogen-bond donors (Lipinski definition) is 1. The molecule has 1 N–H and O–H groups in total. The second kappa shape index (κ2) is 4.13. The highest BCUT2D eigenvalue weighted by Gasteiger charge is 2.14. The van der Waals surface area contributed by atoms with E-state index in [9.17, 15) is 0 Å². The first-order valence-electron chi connectivity index (χ1n) is 5.04. The summed E-state index contributed by atoms with van der Waals surface area (Å²) in [7, 11) is 0. The Kier molecular flexibility index (Phi) is 2.68. The summed E-state index contributed by atoms with van der Waals surface area (Å²) in [6, 6.07) is 10.3. The van der Waals surface area contributed by atoms with Gasteiger partial charge < -0.3 is 5.32 Å². The van der Waals surface area contributed by atoms with Gasteiger partial charge in [-0.3, -0.25) is 5.01 Å². The van der Waals surface area contributed by atoms with Crippen LogP contribution in [0.2, 0.25) is 0 Å². The van der Waals surface area contributed by atoms with Crippen molar-refractivity contribution in [2.24, 2.45) is 5.10 Å². The topological polar surface area (TPSA) is 27.6 Å². The Morgan fingerprint density at radius 1 is 1.36 bits per heavy atom. The van der Waals surface area contributed by atoms with Crippen LogP contribution in [0.1, 0.15) is 13.3 Å². The first-order valence-corrected chi connectivity index (χ1v) is 5.04. The van der Waals surface area contributed by atoms with Crippen molar-refractivity contribution in [1.29, 1.82) is 0 Å². The second-order valence-electron chi connectivity index (χ2n) is 3.29. The van der Waals surface area contributed by atoms with E-state index >= 15 is 0 Å². The van der Waals surface area contributed by atoms with Gasteiger partial charge >= 0.3 is 0 Å². The van der Waals surface area contributed by atoms with Crippen molar-refractivity contribution in [1.82, 2.24) is 5.32 Å². The minimum absolute atomic E-state index is 0.946. The molecule has 1 aromatic rings. The van der Waals surface area contributed by atoms with Crippen molar-refractivity contribution >= 4 is 11.5 Å². The third kappa shape index (κ3) is 1.87. The van der Waals surface area contributed by atoms with Crippen molar-refractivity contribution < 1.29 is 0 Å². The summed E-state index contributed by atoms with van der Waals surface area (Å²) in [5.41, 5.74) is 1.17. The zero-order chi connectivity index (χ0) is 9.80. The average molecular weight is 189 g/mol. The van der Waals surface area contributed by atoms with Crippen LogP contribution in [0.15, 0.2) is 35.4 Å². The fourth-order valence-corrected chi connectivity index (χ4v) is 1.57. The molecule has 0 saturated heterocycles. The Morgan fingerprint density at radius 3 is 2.86 bits per heavy atom. The smallest absolute Gasteiger partial charge is 0.124 e. The van der Waals surface area contributed by atoms with Gasteiger partial charge in [-0.2, -0.15) is 5.10 Å². The van der Waals surface area contributed by atoms with Crippen LogP contribution in [0.4, 0.5) is 5.69 Å². The lowest BCUT2D eigenvalue weighted by molar-refractivity contribution is 0.920. The SMILES string of the molecule is CCNC1=NN(c2ccccc2)CC1. The molecule has 0 spiro atoms. The Hall–Kier alpha value is -1.51. The lowest BCUT2D eigenvalue weighted by Gasteiger charge is -2.12. The maximum atomic E-state index is 4.49. The molecule has 0 aliphatic carbocycles. The molecule has 3 nitrogen and oxygen atoms in total. The monoisotopic (exact) mass is 189 g/mol. The van der Waals surface area contributed by atoms with Crippen molar-refractivity contribution in [2.45, 2.75) is 13.3 Å². The van der Waals surface area contributed by atoms with E-state index in [4.69, 9.17) is 0 Å². The van der Waals surface area contributed by atoms with Gasteiger partial charge in [0.15, 0.2) is 0 Å². The van der Waals surface area contributed by atoms with E-state index in [2.05, 4.69) is 29.5 Å². The highest BCUT2D eigenvalue weighted by atomic mass is 15.5. The molecule has 1 aliphatic heterocycles. The summed E-state index contributed by atoms with van der Waals surface area (Å²) in [6.45, 7) is 4.02. The molecule has 0 atom stereocenters. The fraction of sp³-hybridized carbons (Fsp3) is 0.364. The van der Waals surface area contributed by atoms with E-state index in [1.54, 1.807) is 0 Å². The number of amidine groups is 1. The molecule has 0 saturated carbocycles. The summed E-state index contributed by atoms with van der Waals surface area (Å²) < 4.78 is 0. The predicted octanol–water partition coefficient (Wildman–Crippen LogP) is 1.82. The minimum Gasteiger partial charge on any atom is -0.372 e. The standard InChI is InChI=1S/C11H15N3/c1-2-12-11-8-9-14(13-11)10-6-4-3-5-7-10/h3-7H,2,8-9H2,1H3,(H,12,13). The summed E-state index contributed by atoms with van der Waals surface area (Å²) in [4.78, 5) is 0. The normalized spacial score (nSPS) is 15.5. The van der Waals surface area contributed by atoms with Gasteiger partial charge in [0.05, 0.1) is 5.69 Å². The van der Waals surface area contributed by atoms with E-state index in [0.717, 1.165) is 25.3 Å². The first kappa shape index (κ1) is 9.06. The van der Waals surface area contributed by atoms with E-state index < -0.39 is 0 Å². The number of hydrogen-bond acceptors (Lipinski definition) is 3. The van der Waals surface area contributed by atoms with E-state index in [-0.39, 0.29) is 0 Å². The number of nitrogens with zero attached hydrogens (tertiary/aromatic N) is 2. The molecule has 0 bridgehead atoms. The number of benzene rings is 1. The minimum atomic E-state index is 0.946. The molecule has 1 aromatic carbocycles. The molecule has 0 aromatic heterocycles. The highest BCUT2D eigenvalue weighted by Crippen LogP contribution is 2.17. The van der Waals surface area contributed by atoms with E-state index in [0.29, 0.717) is 0 Å². The maximum absolute atomic E-state index is 4.49. The van der Waals surface area contributed by atoms with E-state index in [1.807, 2.05) is 23.2 Å². The summed E-state index contributed by atoms with van der Waals surface area (Å²) >= 11 is 0. The second-order valence-corrected chi connectivity index (χ2v) is 3.29. The Morgan fingerprint density at radius 2 is 2.14 bits per heavy atom. The molecule has 0 radical (unpaired) electrons. The summed E-state index contributed by atoms with van der Waals surface area (Å²) in [5.74, 6) is 1.09. The molecule has 0 unspecified atom stereocenters. The number of anilines is 1. The Labute approximate surface area is 84.4 Å². The van der Waals surface area contributed by atoms with Crippen molar-refractivity contribution in [3.63, 3.8) is 0 Å². The number of nitrogens with one attached hydrogen (secondary N) is 1. The van der Waals surface area contributed by atoms with Crippen molar-refractivity contribution in [2.75, 3.05) is 18.1 Å². The molecule has 0 fully saturated rings. The number of rotatable bonds is 2. The van der Waals surface area contributed by atoms with Crippen LogP contribution < -0.4 is 10.3 Å². The maximum Gasteiger partial charge on any atom is 0.124 e. The zero-order valence-corrected chi connectivity index (χ0v) is 8.40. The van der Waals surface area contributed by atoms with Gasteiger partial charge in [0.1, 0.15) is 5.84 Å². The fourth-order valence-electron chi connectivity index (χ4n) is 1.57. The molecular weight excluding hydrogens is 174 g/mol. The average Bonchev–Trinajstić information content (AvgIpc) is 2.68. The summed E-state index contributed by atoms with van der Waals surface area (Å²) in [6.07, 6.45) is 1.02. The van der Waals surface area contributed by atoms with Gasteiger partial charge in [0.25, 0.3) is 0 Å². The molecule has 0 amide bonds. The van der Waals surface area contributed by atoms with Gasteiger partial charge in [-0.1, -0.05) is 18.2 Å². The summed E-state index contributed by atoms with van der Waals surface area (Å²) in [5, 5.41) is 9.78. The van der Waals surface area contributed by atoms with Gasteiger partial charge in [-0.15, -0.1) is 0 Å². The van der Waals surface area contributed by atoms with Crippen LogP contribution in [0.25, 0.3) is 0 Å². The third-order valence-electron chi connectivity index (χ3n) is 2.24. The van der Waals surface area contributed by atoms with Crippen molar-refractivity contribution in [3.05, 3.63) is 30.3 Å². The Bertz CT molecular complexity index is 319. The molecule has 1 aliphatic rings. The predicted molar refractivity (Wildman–Crippen MR) is 59.5 cm³/mol. The molecule has 1 heterocycles. The Balaban J connectivity index is 2.08. The first-order chi connectivity index (χ1) is 6.90. The van der Waals surface area contributed by atoms with Crippen LogP contribution in [-0.4, -0.2) is 18.9 Å². The van der Waals surface area contributed by atoms with Crippen LogP contribution in [-0.2, 0) is 0 Å².